The van der Waals surface area contributed by atoms with Crippen molar-refractivity contribution in [2.24, 2.45) is 0 Å². The summed E-state index contributed by atoms with van der Waals surface area (Å²) in [6, 6.07) is 13.2. The number of rotatable bonds is 5. The van der Waals surface area contributed by atoms with Crippen molar-refractivity contribution in [1.29, 1.82) is 0 Å². The topological polar surface area (TPSA) is 45.2 Å². The highest BCUT2D eigenvalue weighted by atomic mass is 35.5. The molecule has 0 bridgehead atoms. The van der Waals surface area contributed by atoms with E-state index in [0.717, 1.165) is 0 Å². The Balaban J connectivity index is 1.97. The molecule has 2 rings (SSSR count). The van der Waals surface area contributed by atoms with E-state index in [2.05, 4.69) is 10.3 Å². The Labute approximate surface area is 129 Å². The van der Waals surface area contributed by atoms with Gasteiger partial charge in [0, 0.05) is 12.7 Å². The van der Waals surface area contributed by atoms with Gasteiger partial charge >= 0.3 is 0 Å². The molecule has 0 unspecified atom stereocenters. The number of carbonyl (C=O) groups excluding carboxylic acids is 1. The summed E-state index contributed by atoms with van der Waals surface area (Å²) in [4.78, 5) is 18.2. The molecule has 21 heavy (non-hydrogen) atoms. The fourth-order valence-electron chi connectivity index (χ4n) is 1.92. The molecule has 1 heterocycles. The minimum Gasteiger partial charge on any atom is -0.322 e. The van der Waals surface area contributed by atoms with E-state index in [0.29, 0.717) is 17.4 Å². The third-order valence-corrected chi connectivity index (χ3v) is 3.63. The van der Waals surface area contributed by atoms with Crippen LogP contribution in [0.5, 0.6) is 0 Å². The van der Waals surface area contributed by atoms with Crippen molar-refractivity contribution >= 4 is 23.2 Å². The normalized spacial score (nSPS) is 12.2. The van der Waals surface area contributed by atoms with Crippen LogP contribution in [-0.4, -0.2) is 28.9 Å². The predicted octanol–water partition coefficient (Wildman–Crippen LogP) is 3.19. The summed E-state index contributed by atoms with van der Waals surface area (Å²) in [5.74, 6) is -0.108. The second-order valence-electron chi connectivity index (χ2n) is 4.91. The van der Waals surface area contributed by atoms with Crippen molar-refractivity contribution in [3.63, 3.8) is 0 Å². The third kappa shape index (κ3) is 4.28. The number of amides is 1. The largest absolute Gasteiger partial charge is 0.322 e. The zero-order chi connectivity index (χ0) is 15.2. The van der Waals surface area contributed by atoms with Crippen molar-refractivity contribution in [2.75, 3.05) is 12.4 Å². The summed E-state index contributed by atoms with van der Waals surface area (Å²) in [6.07, 6.45) is 1.59. The Bertz CT molecular complexity index is 603. The lowest BCUT2D eigenvalue weighted by Gasteiger charge is -2.24. The molecule has 1 aromatic heterocycles. The fourth-order valence-corrected chi connectivity index (χ4v) is 2.09. The Kier molecular flexibility index (Phi) is 5.31. The second kappa shape index (κ2) is 7.20. The van der Waals surface area contributed by atoms with Gasteiger partial charge in [-0.15, -0.1) is 0 Å². The van der Waals surface area contributed by atoms with E-state index in [1.165, 1.54) is 5.56 Å². The van der Waals surface area contributed by atoms with Crippen LogP contribution in [0.3, 0.4) is 0 Å². The molecule has 0 aliphatic carbocycles. The first-order valence-electron chi connectivity index (χ1n) is 6.73. The van der Waals surface area contributed by atoms with Gasteiger partial charge in [-0.05, 0) is 31.7 Å². The molecule has 1 N–H and O–H groups in total. The van der Waals surface area contributed by atoms with Crippen molar-refractivity contribution < 1.29 is 4.79 Å². The number of carbonyl (C=O) groups is 1. The SMILES string of the molecule is C[C@@H](C(=O)Nc1cccnc1Cl)N(C)Cc1ccccc1. The summed E-state index contributed by atoms with van der Waals surface area (Å²) in [6.45, 7) is 2.57. The average molecular weight is 304 g/mol. The number of halogens is 1. The first-order valence-corrected chi connectivity index (χ1v) is 7.11. The zero-order valence-electron chi connectivity index (χ0n) is 12.1. The van der Waals surface area contributed by atoms with Crippen molar-refractivity contribution in [2.45, 2.75) is 19.5 Å². The Morgan fingerprint density at radius 3 is 2.67 bits per heavy atom. The summed E-state index contributed by atoms with van der Waals surface area (Å²) in [5.41, 5.74) is 1.70. The summed E-state index contributed by atoms with van der Waals surface area (Å²) < 4.78 is 0. The molecular weight excluding hydrogens is 286 g/mol. The average Bonchev–Trinajstić information content (AvgIpc) is 2.49. The maximum Gasteiger partial charge on any atom is 0.241 e. The maximum atomic E-state index is 12.3. The molecule has 1 aromatic carbocycles. The minimum atomic E-state index is -0.276. The lowest BCUT2D eigenvalue weighted by Crippen LogP contribution is -2.39. The van der Waals surface area contributed by atoms with E-state index < -0.39 is 0 Å². The number of aromatic nitrogens is 1. The highest BCUT2D eigenvalue weighted by molar-refractivity contribution is 6.32. The van der Waals surface area contributed by atoms with E-state index in [9.17, 15) is 4.79 Å². The molecule has 0 radical (unpaired) electrons. The molecule has 1 atom stereocenters. The number of hydrogen-bond acceptors (Lipinski definition) is 3. The smallest absolute Gasteiger partial charge is 0.241 e. The molecule has 1 amide bonds. The van der Waals surface area contributed by atoms with Gasteiger partial charge in [0.1, 0.15) is 0 Å². The molecule has 0 saturated heterocycles. The van der Waals surface area contributed by atoms with E-state index in [1.54, 1.807) is 18.3 Å². The van der Waals surface area contributed by atoms with Crippen molar-refractivity contribution in [3.05, 3.63) is 59.4 Å². The van der Waals surface area contributed by atoms with Crippen LogP contribution >= 0.6 is 11.6 Å². The van der Waals surface area contributed by atoms with Gasteiger partial charge in [-0.25, -0.2) is 4.98 Å². The van der Waals surface area contributed by atoms with Gasteiger partial charge < -0.3 is 5.32 Å². The number of anilines is 1. The van der Waals surface area contributed by atoms with E-state index in [1.807, 2.05) is 49.2 Å². The van der Waals surface area contributed by atoms with Gasteiger partial charge in [-0.3, -0.25) is 9.69 Å². The van der Waals surface area contributed by atoms with Gasteiger partial charge in [-0.2, -0.15) is 0 Å². The summed E-state index contributed by atoms with van der Waals surface area (Å²) >= 11 is 5.94. The fraction of sp³-hybridized carbons (Fsp3) is 0.250. The molecule has 2 aromatic rings. The zero-order valence-corrected chi connectivity index (χ0v) is 12.8. The van der Waals surface area contributed by atoms with Crippen molar-refractivity contribution in [1.82, 2.24) is 9.88 Å². The highest BCUT2D eigenvalue weighted by Gasteiger charge is 2.19. The molecule has 0 fully saturated rings. The van der Waals surface area contributed by atoms with Gasteiger partial charge in [0.05, 0.1) is 11.7 Å². The van der Waals surface area contributed by atoms with E-state index in [4.69, 9.17) is 11.6 Å². The number of pyridine rings is 1. The minimum absolute atomic E-state index is 0.108. The van der Waals surface area contributed by atoms with Crippen LogP contribution in [0.15, 0.2) is 48.7 Å². The lowest BCUT2D eigenvalue weighted by atomic mass is 10.2. The van der Waals surface area contributed by atoms with Crippen LogP contribution in [0.4, 0.5) is 5.69 Å². The first-order chi connectivity index (χ1) is 10.1. The quantitative estimate of drug-likeness (QED) is 0.863. The number of benzene rings is 1. The van der Waals surface area contributed by atoms with Crippen LogP contribution in [0.2, 0.25) is 5.15 Å². The van der Waals surface area contributed by atoms with Crippen LogP contribution in [0, 0.1) is 0 Å². The van der Waals surface area contributed by atoms with Crippen LogP contribution in [0.1, 0.15) is 12.5 Å². The second-order valence-corrected chi connectivity index (χ2v) is 5.27. The number of nitrogens with zero attached hydrogens (tertiary/aromatic N) is 2. The highest BCUT2D eigenvalue weighted by Crippen LogP contribution is 2.18. The monoisotopic (exact) mass is 303 g/mol. The van der Waals surface area contributed by atoms with Crippen LogP contribution in [-0.2, 0) is 11.3 Å². The Morgan fingerprint density at radius 1 is 1.29 bits per heavy atom. The van der Waals surface area contributed by atoms with E-state index >= 15 is 0 Å². The van der Waals surface area contributed by atoms with Gasteiger partial charge in [0.15, 0.2) is 5.15 Å². The van der Waals surface area contributed by atoms with Crippen LogP contribution < -0.4 is 5.32 Å². The Morgan fingerprint density at radius 2 is 2.00 bits per heavy atom. The number of hydrogen-bond donors (Lipinski definition) is 1. The van der Waals surface area contributed by atoms with E-state index in [-0.39, 0.29) is 11.9 Å². The van der Waals surface area contributed by atoms with Gasteiger partial charge in [0.25, 0.3) is 0 Å². The number of likely N-dealkylation sites (N-methyl/N-ethyl adjacent to an activating group) is 1. The van der Waals surface area contributed by atoms with Crippen LogP contribution in [0.25, 0.3) is 0 Å². The molecule has 0 spiro atoms. The molecule has 0 saturated carbocycles. The van der Waals surface area contributed by atoms with Gasteiger partial charge in [0.2, 0.25) is 5.91 Å². The molecule has 0 aliphatic rings. The lowest BCUT2D eigenvalue weighted by molar-refractivity contribution is -0.120. The Hall–Kier alpha value is -1.91. The summed E-state index contributed by atoms with van der Waals surface area (Å²) in [5, 5.41) is 3.10. The standard InChI is InChI=1S/C16H18ClN3O/c1-12(20(2)11-13-7-4-3-5-8-13)16(21)19-14-9-6-10-18-15(14)17/h3-10,12H,11H2,1-2H3,(H,19,21)/t12-/m0/s1. The molecule has 0 aliphatic heterocycles. The molecule has 4 nitrogen and oxygen atoms in total. The molecule has 110 valence electrons. The maximum absolute atomic E-state index is 12.3. The summed E-state index contributed by atoms with van der Waals surface area (Å²) in [7, 11) is 1.92. The third-order valence-electron chi connectivity index (χ3n) is 3.33. The molecular formula is C16H18ClN3O. The molecule has 5 heteroatoms. The number of nitrogens with one attached hydrogen (secondary N) is 1. The van der Waals surface area contributed by atoms with Gasteiger partial charge in [-0.1, -0.05) is 41.9 Å². The first kappa shape index (κ1) is 15.5. The van der Waals surface area contributed by atoms with Crippen molar-refractivity contribution in [3.8, 4) is 0 Å². The predicted molar refractivity (Wildman–Crippen MR) is 85.2 cm³/mol.